The lowest BCUT2D eigenvalue weighted by molar-refractivity contribution is -0.386. The van der Waals surface area contributed by atoms with E-state index in [1.54, 1.807) is 25.1 Å². The van der Waals surface area contributed by atoms with Crippen LogP contribution in [0.4, 0.5) is 5.69 Å². The summed E-state index contributed by atoms with van der Waals surface area (Å²) in [4.78, 5) is 10.5. The number of sulfone groups is 1. The van der Waals surface area contributed by atoms with Gasteiger partial charge in [0, 0.05) is 6.07 Å². The molecule has 1 aliphatic heterocycles. The van der Waals surface area contributed by atoms with E-state index in [1.165, 1.54) is 24.3 Å². The second kappa shape index (κ2) is 6.21. The molecule has 1 unspecified atom stereocenters. The van der Waals surface area contributed by atoms with Crippen molar-refractivity contribution in [2.45, 2.75) is 22.8 Å². The van der Waals surface area contributed by atoms with Crippen molar-refractivity contribution in [3.63, 3.8) is 0 Å². The van der Waals surface area contributed by atoms with Crippen LogP contribution in [0.5, 0.6) is 5.75 Å². The van der Waals surface area contributed by atoms with E-state index in [4.69, 9.17) is 9.47 Å². The topological polar surface area (TPSA) is 99.0 Å². The first-order valence-corrected chi connectivity index (χ1v) is 8.72. The second-order valence-corrected chi connectivity index (χ2v) is 7.28. The van der Waals surface area contributed by atoms with E-state index >= 15 is 0 Å². The van der Waals surface area contributed by atoms with Crippen molar-refractivity contribution in [3.8, 4) is 5.75 Å². The molecule has 0 aromatic heterocycles. The summed E-state index contributed by atoms with van der Waals surface area (Å²) in [6.07, 6.45) is -0.154. The number of epoxide rings is 1. The highest BCUT2D eigenvalue weighted by Gasteiger charge is 2.31. The largest absolute Gasteiger partial charge is 0.483 e. The Kier molecular flexibility index (Phi) is 4.25. The molecule has 0 bridgehead atoms. The van der Waals surface area contributed by atoms with Gasteiger partial charge >= 0.3 is 5.69 Å². The third kappa shape index (κ3) is 3.10. The summed E-state index contributed by atoms with van der Waals surface area (Å²) >= 11 is 0. The third-order valence-corrected chi connectivity index (χ3v) is 5.58. The van der Waals surface area contributed by atoms with E-state index in [9.17, 15) is 18.5 Å². The molecule has 1 fully saturated rings. The standard InChI is InChI=1S/C16H15NO6S/c1-11-5-2-3-7-14(11)24(20,21)15-8-4-6-13(17(18)19)16(15)23-10-12-9-22-12/h2-8,12H,9-10H2,1H3. The van der Waals surface area contributed by atoms with Crippen LogP contribution in [0.3, 0.4) is 0 Å². The number of ether oxygens (including phenoxy) is 2. The maximum absolute atomic E-state index is 13.0. The zero-order valence-corrected chi connectivity index (χ0v) is 13.7. The van der Waals surface area contributed by atoms with Crippen LogP contribution in [0, 0.1) is 17.0 Å². The van der Waals surface area contributed by atoms with Crippen molar-refractivity contribution in [1.82, 2.24) is 0 Å². The first-order valence-electron chi connectivity index (χ1n) is 7.24. The first kappa shape index (κ1) is 16.4. The molecule has 0 radical (unpaired) electrons. The van der Waals surface area contributed by atoms with E-state index in [-0.39, 0.29) is 33.9 Å². The number of nitro benzene ring substituents is 1. The number of rotatable bonds is 6. The monoisotopic (exact) mass is 349 g/mol. The van der Waals surface area contributed by atoms with Gasteiger partial charge in [0.05, 0.1) is 16.4 Å². The second-order valence-electron chi connectivity index (χ2n) is 5.40. The molecular weight excluding hydrogens is 334 g/mol. The minimum Gasteiger partial charge on any atom is -0.483 e. The van der Waals surface area contributed by atoms with Gasteiger partial charge in [0.25, 0.3) is 0 Å². The van der Waals surface area contributed by atoms with Gasteiger partial charge in [-0.15, -0.1) is 0 Å². The number of hydrogen-bond donors (Lipinski definition) is 0. The highest BCUT2D eigenvalue weighted by Crippen LogP contribution is 2.38. The lowest BCUT2D eigenvalue weighted by Gasteiger charge is -2.13. The van der Waals surface area contributed by atoms with Crippen LogP contribution in [0.25, 0.3) is 0 Å². The fraction of sp³-hybridized carbons (Fsp3) is 0.250. The molecule has 0 saturated carbocycles. The van der Waals surface area contributed by atoms with Crippen LogP contribution in [0.1, 0.15) is 5.56 Å². The van der Waals surface area contributed by atoms with Crippen molar-refractivity contribution < 1.29 is 22.8 Å². The molecule has 3 rings (SSSR count). The normalized spacial score (nSPS) is 16.6. The first-order chi connectivity index (χ1) is 11.4. The molecule has 1 saturated heterocycles. The lowest BCUT2D eigenvalue weighted by Crippen LogP contribution is -2.11. The van der Waals surface area contributed by atoms with Crippen LogP contribution >= 0.6 is 0 Å². The molecule has 0 amide bonds. The Morgan fingerprint density at radius 1 is 1.21 bits per heavy atom. The summed E-state index contributed by atoms with van der Waals surface area (Å²) in [5, 5.41) is 11.3. The van der Waals surface area contributed by atoms with Gasteiger partial charge in [-0.1, -0.05) is 24.3 Å². The van der Waals surface area contributed by atoms with Crippen LogP contribution in [0.15, 0.2) is 52.3 Å². The van der Waals surface area contributed by atoms with Crippen molar-refractivity contribution in [1.29, 1.82) is 0 Å². The summed E-state index contributed by atoms with van der Waals surface area (Å²) in [7, 11) is -3.95. The lowest BCUT2D eigenvalue weighted by atomic mass is 10.2. The Bertz CT molecular complexity index is 889. The molecule has 1 heterocycles. The minimum absolute atomic E-state index is 0.0706. The predicted octanol–water partition coefficient (Wildman–Crippen LogP) is 2.51. The molecule has 7 nitrogen and oxygen atoms in total. The number of nitrogens with zero attached hydrogens (tertiary/aromatic N) is 1. The quantitative estimate of drug-likeness (QED) is 0.451. The molecule has 1 atom stereocenters. The van der Waals surface area contributed by atoms with Crippen LogP contribution < -0.4 is 4.74 Å². The highest BCUT2D eigenvalue weighted by molar-refractivity contribution is 7.91. The van der Waals surface area contributed by atoms with Gasteiger partial charge in [-0.25, -0.2) is 8.42 Å². The van der Waals surface area contributed by atoms with Crippen molar-refractivity contribution in [3.05, 3.63) is 58.1 Å². The fourth-order valence-corrected chi connectivity index (χ4v) is 3.97. The number of aryl methyl sites for hydroxylation is 1. The molecule has 1 aliphatic rings. The van der Waals surface area contributed by atoms with Gasteiger partial charge in [-0.3, -0.25) is 10.1 Å². The maximum Gasteiger partial charge on any atom is 0.312 e. The molecule has 8 heteroatoms. The molecule has 0 spiro atoms. The fourth-order valence-electron chi connectivity index (χ4n) is 2.32. The minimum atomic E-state index is -3.95. The van der Waals surface area contributed by atoms with E-state index in [0.717, 1.165) is 0 Å². The third-order valence-electron chi connectivity index (χ3n) is 3.64. The molecule has 2 aromatic carbocycles. The highest BCUT2D eigenvalue weighted by atomic mass is 32.2. The summed E-state index contributed by atoms with van der Waals surface area (Å²) < 4.78 is 36.4. The van der Waals surface area contributed by atoms with Gasteiger partial charge in [-0.2, -0.15) is 0 Å². The average Bonchev–Trinajstić information content (AvgIpc) is 3.37. The van der Waals surface area contributed by atoms with E-state index in [0.29, 0.717) is 12.2 Å². The summed E-state index contributed by atoms with van der Waals surface area (Å²) in [6, 6.07) is 10.3. The van der Waals surface area contributed by atoms with Gasteiger partial charge in [0.1, 0.15) is 17.6 Å². The van der Waals surface area contributed by atoms with E-state index < -0.39 is 14.8 Å². The molecule has 2 aromatic rings. The maximum atomic E-state index is 13.0. The number of nitro groups is 1. The Morgan fingerprint density at radius 2 is 1.88 bits per heavy atom. The van der Waals surface area contributed by atoms with Gasteiger partial charge in [-0.05, 0) is 24.6 Å². The van der Waals surface area contributed by atoms with Crippen LogP contribution in [0.2, 0.25) is 0 Å². The van der Waals surface area contributed by atoms with Crippen molar-refractivity contribution in [2.75, 3.05) is 13.2 Å². The van der Waals surface area contributed by atoms with Crippen molar-refractivity contribution in [2.24, 2.45) is 0 Å². The summed E-state index contributed by atoms with van der Waals surface area (Å²) in [5.74, 6) is -0.249. The zero-order chi connectivity index (χ0) is 17.3. The SMILES string of the molecule is Cc1ccccc1S(=O)(=O)c1cccc([N+](=O)[O-])c1OCC1CO1. The molecule has 0 N–H and O–H groups in total. The summed E-state index contributed by atoms with van der Waals surface area (Å²) in [5.41, 5.74) is 0.172. The molecule has 126 valence electrons. The van der Waals surface area contributed by atoms with E-state index in [1.807, 2.05) is 0 Å². The Hall–Kier alpha value is -2.45. The predicted molar refractivity (Wildman–Crippen MR) is 85.0 cm³/mol. The summed E-state index contributed by atoms with van der Waals surface area (Å²) in [6.45, 7) is 2.24. The van der Waals surface area contributed by atoms with Gasteiger partial charge in [0.2, 0.25) is 15.6 Å². The number of hydrogen-bond acceptors (Lipinski definition) is 6. The van der Waals surface area contributed by atoms with Crippen LogP contribution in [-0.2, 0) is 14.6 Å². The smallest absolute Gasteiger partial charge is 0.312 e. The van der Waals surface area contributed by atoms with E-state index in [2.05, 4.69) is 0 Å². The van der Waals surface area contributed by atoms with Crippen LogP contribution in [-0.4, -0.2) is 32.7 Å². The molecule has 0 aliphatic carbocycles. The average molecular weight is 349 g/mol. The molecule has 24 heavy (non-hydrogen) atoms. The Morgan fingerprint density at radius 3 is 2.50 bits per heavy atom. The molecular formula is C16H15NO6S. The van der Waals surface area contributed by atoms with Gasteiger partial charge < -0.3 is 9.47 Å². The van der Waals surface area contributed by atoms with Crippen molar-refractivity contribution >= 4 is 15.5 Å². The number of para-hydroxylation sites is 1. The number of benzene rings is 2. The Balaban J connectivity index is 2.13. The Labute approximate surface area is 138 Å². The zero-order valence-electron chi connectivity index (χ0n) is 12.8. The van der Waals surface area contributed by atoms with Gasteiger partial charge in [0.15, 0.2) is 0 Å².